The molecule has 0 aliphatic heterocycles. The summed E-state index contributed by atoms with van der Waals surface area (Å²) < 4.78 is 81.4. The number of nitrogens with zero attached hydrogens (tertiary/aromatic N) is 3. The fourth-order valence-corrected chi connectivity index (χ4v) is 4.27. The Bertz CT molecular complexity index is 1520. The Labute approximate surface area is 225 Å². The number of likely N-dealkylation sites (N-methyl/N-ethyl adjacent to an activating group) is 1. The van der Waals surface area contributed by atoms with E-state index < -0.39 is 29.1 Å². The lowest BCUT2D eigenvalue weighted by atomic mass is 9.92. The van der Waals surface area contributed by atoms with E-state index >= 15 is 0 Å². The minimum absolute atomic E-state index is 0.00764. The molecule has 0 aliphatic rings. The van der Waals surface area contributed by atoms with Crippen LogP contribution in [0.4, 0.5) is 32.0 Å². The number of aromatic nitrogens is 2. The van der Waals surface area contributed by atoms with Crippen LogP contribution in [0.5, 0.6) is 0 Å². The molecule has 2 N–H and O–H groups in total. The molecule has 6 nitrogen and oxygen atoms in total. The normalized spacial score (nSPS) is 12.8. The highest BCUT2D eigenvalue weighted by atomic mass is 19.4. The van der Waals surface area contributed by atoms with Gasteiger partial charge in [0.1, 0.15) is 5.82 Å². The standard InChI is InChI=1S/C28H26F6N4O2/c1-37(2)15-14-35-20-10-13-23-22(17-20)25(39)38(24(36-23)16-18-6-4-3-5-7-18)21-11-8-19(9-12-21)26(40,27(29,30)31)28(32,33)34/h3-13,17,35,40H,14-16H2,1-2H3. The topological polar surface area (TPSA) is 70.4 Å². The number of halogens is 6. The second-order valence-corrected chi connectivity index (χ2v) is 9.55. The van der Waals surface area contributed by atoms with Crippen molar-refractivity contribution in [1.29, 1.82) is 0 Å². The van der Waals surface area contributed by atoms with Gasteiger partial charge < -0.3 is 15.3 Å². The number of aliphatic hydroxyl groups is 1. The molecule has 0 atom stereocenters. The summed E-state index contributed by atoms with van der Waals surface area (Å²) in [4.78, 5) is 20.3. The van der Waals surface area contributed by atoms with Crippen molar-refractivity contribution in [3.63, 3.8) is 0 Å². The van der Waals surface area contributed by atoms with Crippen LogP contribution in [0.3, 0.4) is 0 Å². The molecule has 212 valence electrons. The van der Waals surface area contributed by atoms with Gasteiger partial charge in [-0.1, -0.05) is 42.5 Å². The molecule has 3 aromatic carbocycles. The molecule has 12 heteroatoms. The summed E-state index contributed by atoms with van der Waals surface area (Å²) in [6, 6.07) is 16.9. The zero-order chi connectivity index (χ0) is 29.3. The second-order valence-electron chi connectivity index (χ2n) is 9.55. The summed E-state index contributed by atoms with van der Waals surface area (Å²) in [5, 5.41) is 13.2. The molecule has 0 fully saturated rings. The Balaban J connectivity index is 1.85. The first kappa shape index (κ1) is 29.1. The summed E-state index contributed by atoms with van der Waals surface area (Å²) in [6.07, 6.45) is -11.9. The van der Waals surface area contributed by atoms with Crippen molar-refractivity contribution in [3.05, 3.63) is 100 Å². The molecule has 4 aromatic rings. The number of alkyl halides is 6. The van der Waals surface area contributed by atoms with E-state index in [1.54, 1.807) is 48.5 Å². The molecule has 0 saturated carbocycles. The lowest BCUT2D eigenvalue weighted by molar-refractivity contribution is -0.376. The molecular weight excluding hydrogens is 538 g/mol. The average molecular weight is 565 g/mol. The number of hydrogen-bond donors (Lipinski definition) is 2. The third kappa shape index (κ3) is 5.68. The molecule has 1 aromatic heterocycles. The van der Waals surface area contributed by atoms with Crippen LogP contribution in [0.2, 0.25) is 0 Å². The smallest absolute Gasteiger partial charge is 0.384 e. The summed E-state index contributed by atoms with van der Waals surface area (Å²) in [5.74, 6) is 0.228. The predicted octanol–water partition coefficient (Wildman–Crippen LogP) is 5.26. The van der Waals surface area contributed by atoms with Crippen molar-refractivity contribution < 1.29 is 31.4 Å². The van der Waals surface area contributed by atoms with Gasteiger partial charge >= 0.3 is 12.4 Å². The first-order valence-electron chi connectivity index (χ1n) is 12.2. The molecule has 4 rings (SSSR count). The number of rotatable bonds is 8. The Morgan fingerprint density at radius 3 is 2.10 bits per heavy atom. The molecule has 0 aliphatic carbocycles. The highest BCUT2D eigenvalue weighted by Gasteiger charge is 2.71. The van der Waals surface area contributed by atoms with Crippen LogP contribution in [-0.4, -0.2) is 59.1 Å². The van der Waals surface area contributed by atoms with E-state index in [-0.39, 0.29) is 23.3 Å². The van der Waals surface area contributed by atoms with Crippen LogP contribution in [0.15, 0.2) is 77.6 Å². The van der Waals surface area contributed by atoms with Gasteiger partial charge in [0.15, 0.2) is 0 Å². The summed E-state index contributed by atoms with van der Waals surface area (Å²) >= 11 is 0. The van der Waals surface area contributed by atoms with Gasteiger partial charge in [0.25, 0.3) is 11.2 Å². The lowest BCUT2D eigenvalue weighted by Crippen LogP contribution is -2.53. The first-order chi connectivity index (χ1) is 18.7. The van der Waals surface area contributed by atoms with Gasteiger partial charge in [0.2, 0.25) is 0 Å². The fraction of sp³-hybridized carbons (Fsp3) is 0.286. The quantitative estimate of drug-likeness (QED) is 0.286. The van der Waals surface area contributed by atoms with E-state index in [1.807, 2.05) is 19.0 Å². The second kappa shape index (κ2) is 10.9. The summed E-state index contributed by atoms with van der Waals surface area (Å²) in [5.41, 5.74) is -5.25. The van der Waals surface area contributed by atoms with E-state index in [0.29, 0.717) is 29.9 Å². The van der Waals surface area contributed by atoms with Crippen molar-refractivity contribution in [2.75, 3.05) is 32.5 Å². The third-order valence-corrected chi connectivity index (χ3v) is 6.39. The maximum Gasteiger partial charge on any atom is 0.430 e. The van der Waals surface area contributed by atoms with E-state index in [4.69, 9.17) is 0 Å². The monoisotopic (exact) mass is 564 g/mol. The van der Waals surface area contributed by atoms with Gasteiger partial charge in [0.05, 0.1) is 16.6 Å². The van der Waals surface area contributed by atoms with Gasteiger partial charge in [-0.05, 0) is 50.0 Å². The van der Waals surface area contributed by atoms with Crippen LogP contribution in [-0.2, 0) is 12.0 Å². The maximum absolute atomic E-state index is 13.8. The Kier molecular flexibility index (Phi) is 7.95. The zero-order valence-electron chi connectivity index (χ0n) is 21.5. The molecular formula is C28H26F6N4O2. The zero-order valence-corrected chi connectivity index (χ0v) is 21.5. The molecule has 1 heterocycles. The van der Waals surface area contributed by atoms with Crippen LogP contribution < -0.4 is 10.9 Å². The Morgan fingerprint density at radius 2 is 1.52 bits per heavy atom. The van der Waals surface area contributed by atoms with Crippen molar-refractivity contribution in [2.45, 2.75) is 24.4 Å². The first-order valence-corrected chi connectivity index (χ1v) is 12.2. The minimum Gasteiger partial charge on any atom is -0.384 e. The summed E-state index contributed by atoms with van der Waals surface area (Å²) in [6.45, 7) is 1.32. The van der Waals surface area contributed by atoms with E-state index in [1.165, 1.54) is 0 Å². The number of fused-ring (bicyclic) bond motifs is 1. The third-order valence-electron chi connectivity index (χ3n) is 6.39. The largest absolute Gasteiger partial charge is 0.430 e. The Hall–Kier alpha value is -3.90. The molecule has 0 bridgehead atoms. The number of nitrogens with one attached hydrogen (secondary N) is 1. The number of anilines is 1. The molecule has 0 radical (unpaired) electrons. The Morgan fingerprint density at radius 1 is 0.900 bits per heavy atom. The molecule has 0 saturated heterocycles. The van der Waals surface area contributed by atoms with Gasteiger partial charge in [-0.3, -0.25) is 9.36 Å². The van der Waals surface area contributed by atoms with E-state index in [9.17, 15) is 36.2 Å². The van der Waals surface area contributed by atoms with Crippen molar-refractivity contribution in [1.82, 2.24) is 14.5 Å². The van der Waals surface area contributed by atoms with Crippen molar-refractivity contribution in [2.24, 2.45) is 0 Å². The van der Waals surface area contributed by atoms with E-state index in [2.05, 4.69) is 10.3 Å². The van der Waals surface area contributed by atoms with Gasteiger partial charge in [-0.25, -0.2) is 4.98 Å². The fourth-order valence-electron chi connectivity index (χ4n) is 4.27. The van der Waals surface area contributed by atoms with Gasteiger partial charge in [-0.2, -0.15) is 26.3 Å². The van der Waals surface area contributed by atoms with Crippen molar-refractivity contribution >= 4 is 16.6 Å². The highest BCUT2D eigenvalue weighted by molar-refractivity contribution is 5.82. The minimum atomic E-state index is -6.03. The van der Waals surface area contributed by atoms with E-state index in [0.717, 1.165) is 28.8 Å². The molecule has 40 heavy (non-hydrogen) atoms. The molecule has 0 amide bonds. The highest BCUT2D eigenvalue weighted by Crippen LogP contribution is 2.50. The molecule has 0 spiro atoms. The van der Waals surface area contributed by atoms with Gasteiger partial charge in [-0.15, -0.1) is 0 Å². The summed E-state index contributed by atoms with van der Waals surface area (Å²) in [7, 11) is 3.82. The SMILES string of the molecule is CN(C)CCNc1ccc2nc(Cc3ccccc3)n(-c3ccc(C(O)(C(F)(F)F)C(F)(F)F)cc3)c(=O)c2c1. The van der Waals surface area contributed by atoms with Gasteiger partial charge in [0, 0.05) is 30.8 Å². The number of hydrogen-bond acceptors (Lipinski definition) is 5. The lowest BCUT2D eigenvalue weighted by Gasteiger charge is -2.32. The maximum atomic E-state index is 13.8. The van der Waals surface area contributed by atoms with Crippen LogP contribution in [0.1, 0.15) is 17.0 Å². The predicted molar refractivity (Wildman–Crippen MR) is 140 cm³/mol. The average Bonchev–Trinajstić information content (AvgIpc) is 2.88. The van der Waals surface area contributed by atoms with Crippen molar-refractivity contribution in [3.8, 4) is 5.69 Å². The number of benzene rings is 3. The van der Waals surface area contributed by atoms with Crippen LogP contribution in [0, 0.1) is 0 Å². The molecule has 0 unspecified atom stereocenters. The van der Waals surface area contributed by atoms with Crippen LogP contribution >= 0.6 is 0 Å². The van der Waals surface area contributed by atoms with Crippen LogP contribution in [0.25, 0.3) is 16.6 Å².